The molecule has 1 atom stereocenters. The summed E-state index contributed by atoms with van der Waals surface area (Å²) < 4.78 is 2.04. The molecular formula is C24H23ClN6O. The third-order valence-corrected chi connectivity index (χ3v) is 6.67. The van der Waals surface area contributed by atoms with E-state index < -0.39 is 0 Å². The first-order chi connectivity index (χ1) is 15.6. The number of nitrogens with zero attached hydrogens (tertiary/aromatic N) is 6. The summed E-state index contributed by atoms with van der Waals surface area (Å²) in [5, 5.41) is 10.6. The van der Waals surface area contributed by atoms with Crippen LogP contribution in [-0.2, 0) is 4.79 Å². The number of anilines is 1. The highest BCUT2D eigenvalue weighted by atomic mass is 35.5. The molecule has 1 saturated carbocycles. The molecule has 0 spiro atoms. The highest BCUT2D eigenvalue weighted by molar-refractivity contribution is 6.31. The number of carbonyl (C=O) groups is 1. The number of benzene rings is 2. The summed E-state index contributed by atoms with van der Waals surface area (Å²) in [4.78, 5) is 22.0. The lowest BCUT2D eigenvalue weighted by Crippen LogP contribution is -2.55. The van der Waals surface area contributed by atoms with Crippen LogP contribution in [0.25, 0.3) is 27.9 Å². The SMILES string of the molecule is C[C@H]1CN(c2nc3cc(Cl)ccc3c3nnc(-c4ccccc4)n23)CCN1C(=O)C1CC1. The van der Waals surface area contributed by atoms with Crippen LogP contribution in [0, 0.1) is 5.92 Å². The van der Waals surface area contributed by atoms with Crippen molar-refractivity contribution in [2.75, 3.05) is 24.5 Å². The molecule has 1 aliphatic carbocycles. The van der Waals surface area contributed by atoms with Crippen LogP contribution < -0.4 is 4.90 Å². The number of halogens is 1. The van der Waals surface area contributed by atoms with E-state index in [0.29, 0.717) is 30.6 Å². The molecule has 162 valence electrons. The van der Waals surface area contributed by atoms with Crippen LogP contribution >= 0.6 is 11.6 Å². The first kappa shape index (κ1) is 19.5. The first-order valence-corrected chi connectivity index (χ1v) is 11.4. The topological polar surface area (TPSA) is 66.6 Å². The minimum atomic E-state index is 0.111. The van der Waals surface area contributed by atoms with Crippen molar-refractivity contribution in [3.8, 4) is 11.4 Å². The molecule has 0 radical (unpaired) electrons. The predicted molar refractivity (Wildman–Crippen MR) is 125 cm³/mol. The first-order valence-electron chi connectivity index (χ1n) is 11.1. The highest BCUT2D eigenvalue weighted by Crippen LogP contribution is 2.34. The van der Waals surface area contributed by atoms with Crippen LogP contribution in [-0.4, -0.2) is 56.1 Å². The normalized spacial score (nSPS) is 19.1. The molecule has 2 aromatic carbocycles. The third kappa shape index (κ3) is 3.19. The number of carbonyl (C=O) groups excluding carboxylic acids is 1. The van der Waals surface area contributed by atoms with Gasteiger partial charge in [0.1, 0.15) is 0 Å². The summed E-state index contributed by atoms with van der Waals surface area (Å²) >= 11 is 6.28. The molecule has 1 aliphatic heterocycles. The molecule has 1 saturated heterocycles. The largest absolute Gasteiger partial charge is 0.338 e. The number of piperazine rings is 1. The summed E-state index contributed by atoms with van der Waals surface area (Å²) in [6, 6.07) is 15.8. The highest BCUT2D eigenvalue weighted by Gasteiger charge is 2.38. The second kappa shape index (κ2) is 7.45. The number of hydrogen-bond donors (Lipinski definition) is 0. The van der Waals surface area contributed by atoms with Gasteiger partial charge < -0.3 is 9.80 Å². The van der Waals surface area contributed by atoms with Crippen LogP contribution in [0.4, 0.5) is 5.95 Å². The number of rotatable bonds is 3. The van der Waals surface area contributed by atoms with Gasteiger partial charge in [-0.25, -0.2) is 9.38 Å². The average molecular weight is 447 g/mol. The summed E-state index contributed by atoms with van der Waals surface area (Å²) in [6.07, 6.45) is 2.06. The zero-order valence-corrected chi connectivity index (χ0v) is 18.5. The molecule has 0 bridgehead atoms. The molecule has 2 aliphatic rings. The summed E-state index contributed by atoms with van der Waals surface area (Å²) in [5.41, 5.74) is 2.52. The number of fused-ring (bicyclic) bond motifs is 3. The molecule has 2 aromatic heterocycles. The maximum atomic E-state index is 12.7. The van der Waals surface area contributed by atoms with E-state index in [-0.39, 0.29) is 12.0 Å². The molecule has 32 heavy (non-hydrogen) atoms. The Balaban J connectivity index is 1.48. The van der Waals surface area contributed by atoms with E-state index in [2.05, 4.69) is 22.0 Å². The summed E-state index contributed by atoms with van der Waals surface area (Å²) in [5.74, 6) is 2.07. The van der Waals surface area contributed by atoms with E-state index in [9.17, 15) is 4.79 Å². The molecule has 0 unspecified atom stereocenters. The monoisotopic (exact) mass is 446 g/mol. The van der Waals surface area contributed by atoms with Crippen LogP contribution in [0.2, 0.25) is 5.02 Å². The van der Waals surface area contributed by atoms with Gasteiger partial charge >= 0.3 is 0 Å². The van der Waals surface area contributed by atoms with Gasteiger partial charge in [0, 0.05) is 47.6 Å². The number of aromatic nitrogens is 4. The van der Waals surface area contributed by atoms with E-state index in [1.807, 2.05) is 57.8 Å². The van der Waals surface area contributed by atoms with Gasteiger partial charge in [-0.2, -0.15) is 0 Å². The van der Waals surface area contributed by atoms with Crippen molar-refractivity contribution < 1.29 is 4.79 Å². The molecule has 3 heterocycles. The minimum absolute atomic E-state index is 0.111. The van der Waals surface area contributed by atoms with Gasteiger partial charge in [0.2, 0.25) is 11.9 Å². The standard InChI is InChI=1S/C24H23ClN6O/c1-15-14-29(11-12-30(15)23(32)17-7-8-17)24-26-20-13-18(25)9-10-19(20)22-28-27-21(31(22)24)16-5-3-2-4-6-16/h2-6,9-10,13,15,17H,7-8,11-12,14H2,1H3/t15-/m0/s1. The van der Waals surface area contributed by atoms with Crippen molar-refractivity contribution in [3.05, 3.63) is 53.6 Å². The molecule has 1 amide bonds. The zero-order chi connectivity index (χ0) is 21.8. The molecule has 4 aromatic rings. The van der Waals surface area contributed by atoms with Crippen LogP contribution in [0.5, 0.6) is 0 Å². The Morgan fingerprint density at radius 2 is 1.88 bits per heavy atom. The second-order valence-corrected chi connectivity index (χ2v) is 9.16. The minimum Gasteiger partial charge on any atom is -0.338 e. The fourth-order valence-electron chi connectivity index (χ4n) is 4.61. The van der Waals surface area contributed by atoms with E-state index in [0.717, 1.165) is 46.7 Å². The Morgan fingerprint density at radius 1 is 1.06 bits per heavy atom. The zero-order valence-electron chi connectivity index (χ0n) is 17.8. The lowest BCUT2D eigenvalue weighted by atomic mass is 10.1. The summed E-state index contributed by atoms with van der Waals surface area (Å²) in [6.45, 7) is 4.23. The predicted octanol–water partition coefficient (Wildman–Crippen LogP) is 4.05. The van der Waals surface area contributed by atoms with Gasteiger partial charge in [-0.1, -0.05) is 41.9 Å². The van der Waals surface area contributed by atoms with E-state index in [1.54, 1.807) is 0 Å². The Morgan fingerprint density at radius 3 is 2.62 bits per heavy atom. The molecule has 2 fully saturated rings. The fraction of sp³-hybridized carbons (Fsp3) is 0.333. The Kier molecular flexibility index (Phi) is 4.54. The van der Waals surface area contributed by atoms with Crippen molar-refractivity contribution >= 4 is 40.0 Å². The molecule has 8 heteroatoms. The van der Waals surface area contributed by atoms with Crippen molar-refractivity contribution in [1.82, 2.24) is 24.5 Å². The lowest BCUT2D eigenvalue weighted by Gasteiger charge is -2.40. The lowest BCUT2D eigenvalue weighted by molar-refractivity contribution is -0.134. The van der Waals surface area contributed by atoms with Gasteiger partial charge in [0.25, 0.3) is 0 Å². The van der Waals surface area contributed by atoms with Crippen molar-refractivity contribution in [2.24, 2.45) is 5.92 Å². The van der Waals surface area contributed by atoms with Crippen LogP contribution in [0.3, 0.4) is 0 Å². The van der Waals surface area contributed by atoms with E-state index in [4.69, 9.17) is 16.6 Å². The maximum absolute atomic E-state index is 12.7. The van der Waals surface area contributed by atoms with Crippen LogP contribution in [0.15, 0.2) is 48.5 Å². The van der Waals surface area contributed by atoms with E-state index >= 15 is 0 Å². The van der Waals surface area contributed by atoms with Gasteiger partial charge in [0.15, 0.2) is 11.5 Å². The third-order valence-electron chi connectivity index (χ3n) is 6.44. The summed E-state index contributed by atoms with van der Waals surface area (Å²) in [7, 11) is 0. The van der Waals surface area contributed by atoms with Crippen molar-refractivity contribution in [3.63, 3.8) is 0 Å². The Bertz CT molecular complexity index is 1330. The van der Waals surface area contributed by atoms with Crippen molar-refractivity contribution in [2.45, 2.75) is 25.8 Å². The quantitative estimate of drug-likeness (QED) is 0.475. The number of hydrogen-bond acceptors (Lipinski definition) is 5. The van der Waals surface area contributed by atoms with Gasteiger partial charge in [-0.05, 0) is 38.0 Å². The number of amides is 1. The van der Waals surface area contributed by atoms with Gasteiger partial charge in [-0.3, -0.25) is 4.79 Å². The Labute approximate surface area is 190 Å². The molecule has 7 nitrogen and oxygen atoms in total. The van der Waals surface area contributed by atoms with Gasteiger partial charge in [0.05, 0.1) is 5.52 Å². The molecule has 6 rings (SSSR count). The molecule has 0 N–H and O–H groups in total. The molecular weight excluding hydrogens is 424 g/mol. The van der Waals surface area contributed by atoms with Crippen LogP contribution in [0.1, 0.15) is 19.8 Å². The second-order valence-electron chi connectivity index (χ2n) is 8.72. The van der Waals surface area contributed by atoms with E-state index in [1.165, 1.54) is 0 Å². The Hall–Kier alpha value is -3.19. The van der Waals surface area contributed by atoms with Gasteiger partial charge in [-0.15, -0.1) is 10.2 Å². The maximum Gasteiger partial charge on any atom is 0.226 e. The average Bonchev–Trinajstić information content (AvgIpc) is 3.57. The fourth-order valence-corrected chi connectivity index (χ4v) is 4.78. The smallest absolute Gasteiger partial charge is 0.226 e. The van der Waals surface area contributed by atoms with Crippen molar-refractivity contribution in [1.29, 1.82) is 0 Å².